The Morgan fingerprint density at radius 3 is 2.47 bits per heavy atom. The number of nitriles is 1. The molecule has 0 saturated carbocycles. The summed E-state index contributed by atoms with van der Waals surface area (Å²) in [5.74, 6) is 0.386. The lowest BCUT2D eigenvalue weighted by atomic mass is 9.95. The normalized spacial score (nSPS) is 15.7. The van der Waals surface area contributed by atoms with Gasteiger partial charge in [0.05, 0.1) is 25.0 Å². The maximum atomic E-state index is 13.5. The fourth-order valence-corrected chi connectivity index (χ4v) is 4.28. The van der Waals surface area contributed by atoms with Crippen LogP contribution in [-0.4, -0.2) is 43.0 Å². The number of carbonyl (C=O) groups excluding carboxylic acids is 2. The molecule has 6 heteroatoms. The SMILES string of the molecule is CCOc1ccc(N(CCC#N)C(=O)C2CCCN(C(=O)c3cc(C)cc(C)c3)C2)cc1. The van der Waals surface area contributed by atoms with E-state index in [0.29, 0.717) is 31.8 Å². The van der Waals surface area contributed by atoms with E-state index in [1.807, 2.05) is 63.2 Å². The topological polar surface area (TPSA) is 73.6 Å². The van der Waals surface area contributed by atoms with Gasteiger partial charge in [0.1, 0.15) is 5.75 Å². The highest BCUT2D eigenvalue weighted by molar-refractivity contribution is 5.97. The van der Waals surface area contributed by atoms with Crippen LogP contribution in [0.15, 0.2) is 42.5 Å². The van der Waals surface area contributed by atoms with E-state index in [-0.39, 0.29) is 24.2 Å². The van der Waals surface area contributed by atoms with Crippen LogP contribution < -0.4 is 9.64 Å². The number of nitrogens with zero attached hydrogens (tertiary/aromatic N) is 3. The zero-order valence-corrected chi connectivity index (χ0v) is 19.1. The van der Waals surface area contributed by atoms with Gasteiger partial charge in [-0.3, -0.25) is 9.59 Å². The number of likely N-dealkylation sites (tertiary alicyclic amines) is 1. The fourth-order valence-electron chi connectivity index (χ4n) is 4.28. The lowest BCUT2D eigenvalue weighted by molar-refractivity contribution is -0.123. The van der Waals surface area contributed by atoms with Gasteiger partial charge in [0, 0.05) is 30.9 Å². The van der Waals surface area contributed by atoms with Crippen LogP contribution in [0.5, 0.6) is 5.75 Å². The number of hydrogen-bond acceptors (Lipinski definition) is 4. The fraction of sp³-hybridized carbons (Fsp3) is 0.423. The van der Waals surface area contributed by atoms with Gasteiger partial charge in [0.2, 0.25) is 5.91 Å². The lowest BCUT2D eigenvalue weighted by Gasteiger charge is -2.35. The van der Waals surface area contributed by atoms with Crippen molar-refractivity contribution >= 4 is 17.5 Å². The van der Waals surface area contributed by atoms with Crippen molar-refractivity contribution in [3.63, 3.8) is 0 Å². The maximum Gasteiger partial charge on any atom is 0.253 e. The minimum absolute atomic E-state index is 0.0288. The standard InChI is InChI=1S/C26H31N3O3/c1-4-32-24-10-8-23(9-11-24)29(14-6-12-27)26(31)21-7-5-13-28(18-21)25(30)22-16-19(2)15-20(3)17-22/h8-11,15-17,21H,4-7,13-14,18H2,1-3H3. The van der Waals surface area contributed by atoms with Gasteiger partial charge in [-0.1, -0.05) is 17.2 Å². The smallest absolute Gasteiger partial charge is 0.253 e. The number of benzene rings is 2. The van der Waals surface area contributed by atoms with Gasteiger partial charge < -0.3 is 14.5 Å². The summed E-state index contributed by atoms with van der Waals surface area (Å²) >= 11 is 0. The Balaban J connectivity index is 1.77. The summed E-state index contributed by atoms with van der Waals surface area (Å²) in [4.78, 5) is 30.1. The molecule has 3 rings (SSSR count). The van der Waals surface area contributed by atoms with Crippen molar-refractivity contribution in [3.05, 3.63) is 59.2 Å². The predicted molar refractivity (Wildman–Crippen MR) is 125 cm³/mol. The van der Waals surface area contributed by atoms with E-state index in [9.17, 15) is 9.59 Å². The Hall–Kier alpha value is -3.33. The van der Waals surface area contributed by atoms with Crippen molar-refractivity contribution < 1.29 is 14.3 Å². The number of carbonyl (C=O) groups is 2. The Morgan fingerprint density at radius 2 is 1.84 bits per heavy atom. The number of aryl methyl sites for hydroxylation is 2. The van der Waals surface area contributed by atoms with Crippen LogP contribution in [0.4, 0.5) is 5.69 Å². The molecule has 0 N–H and O–H groups in total. The summed E-state index contributed by atoms with van der Waals surface area (Å²) < 4.78 is 5.50. The lowest BCUT2D eigenvalue weighted by Crippen LogP contribution is -2.47. The first kappa shape index (κ1) is 23.3. The maximum absolute atomic E-state index is 13.5. The molecule has 2 amide bonds. The number of anilines is 1. The molecule has 0 radical (unpaired) electrons. The summed E-state index contributed by atoms with van der Waals surface area (Å²) in [6, 6.07) is 15.4. The van der Waals surface area contributed by atoms with Gasteiger partial charge in [-0.2, -0.15) is 5.26 Å². The van der Waals surface area contributed by atoms with Crippen molar-refractivity contribution in [2.45, 2.75) is 40.0 Å². The van der Waals surface area contributed by atoms with Gasteiger partial charge in [-0.05, 0) is 70.0 Å². The van der Waals surface area contributed by atoms with Crippen LogP contribution in [0.25, 0.3) is 0 Å². The van der Waals surface area contributed by atoms with E-state index < -0.39 is 0 Å². The third-order valence-corrected chi connectivity index (χ3v) is 5.70. The van der Waals surface area contributed by atoms with E-state index >= 15 is 0 Å². The van der Waals surface area contributed by atoms with Gasteiger partial charge in [-0.25, -0.2) is 0 Å². The quantitative estimate of drug-likeness (QED) is 0.644. The molecule has 0 aliphatic carbocycles. The Kier molecular flexibility index (Phi) is 7.88. The second-order valence-electron chi connectivity index (χ2n) is 8.29. The molecule has 2 aromatic carbocycles. The first-order valence-corrected chi connectivity index (χ1v) is 11.2. The molecular weight excluding hydrogens is 402 g/mol. The number of amides is 2. The van der Waals surface area contributed by atoms with Gasteiger partial charge in [0.15, 0.2) is 0 Å². The van der Waals surface area contributed by atoms with Gasteiger partial charge >= 0.3 is 0 Å². The third-order valence-electron chi connectivity index (χ3n) is 5.70. The first-order valence-electron chi connectivity index (χ1n) is 11.2. The highest BCUT2D eigenvalue weighted by Gasteiger charge is 2.32. The summed E-state index contributed by atoms with van der Waals surface area (Å²) in [5, 5.41) is 9.09. The average Bonchev–Trinajstić information content (AvgIpc) is 2.79. The summed E-state index contributed by atoms with van der Waals surface area (Å²) in [7, 11) is 0. The third kappa shape index (κ3) is 5.67. The molecule has 168 valence electrons. The molecule has 2 aromatic rings. The van der Waals surface area contributed by atoms with E-state index in [1.165, 1.54) is 0 Å². The van der Waals surface area contributed by atoms with Crippen LogP contribution in [0.3, 0.4) is 0 Å². The van der Waals surface area contributed by atoms with Gasteiger partial charge in [-0.15, -0.1) is 0 Å². The van der Waals surface area contributed by atoms with Crippen molar-refractivity contribution in [2.75, 3.05) is 31.1 Å². The number of hydrogen-bond donors (Lipinski definition) is 0. The zero-order chi connectivity index (χ0) is 23.1. The van der Waals surface area contributed by atoms with E-state index in [4.69, 9.17) is 10.00 Å². The van der Waals surface area contributed by atoms with E-state index in [0.717, 1.165) is 35.4 Å². The highest BCUT2D eigenvalue weighted by Crippen LogP contribution is 2.26. The van der Waals surface area contributed by atoms with Crippen molar-refractivity contribution in [1.82, 2.24) is 4.90 Å². The molecule has 1 unspecified atom stereocenters. The number of piperidine rings is 1. The molecule has 0 aromatic heterocycles. The highest BCUT2D eigenvalue weighted by atomic mass is 16.5. The van der Waals surface area contributed by atoms with Crippen molar-refractivity contribution in [2.24, 2.45) is 5.92 Å². The second-order valence-corrected chi connectivity index (χ2v) is 8.29. The van der Waals surface area contributed by atoms with E-state index in [2.05, 4.69) is 6.07 Å². The monoisotopic (exact) mass is 433 g/mol. The molecule has 0 spiro atoms. The van der Waals surface area contributed by atoms with E-state index in [1.54, 1.807) is 9.80 Å². The Bertz CT molecular complexity index is 974. The predicted octanol–water partition coefficient (Wildman–Crippen LogP) is 4.50. The molecule has 0 bridgehead atoms. The van der Waals surface area contributed by atoms with Crippen LogP contribution >= 0.6 is 0 Å². The molecule has 1 atom stereocenters. The molecular formula is C26H31N3O3. The summed E-state index contributed by atoms with van der Waals surface area (Å²) in [5.41, 5.74) is 3.52. The Labute approximate surface area is 190 Å². The minimum atomic E-state index is -0.288. The van der Waals surface area contributed by atoms with Gasteiger partial charge in [0.25, 0.3) is 5.91 Å². The summed E-state index contributed by atoms with van der Waals surface area (Å²) in [6.07, 6.45) is 1.76. The van der Waals surface area contributed by atoms with Crippen LogP contribution in [0, 0.1) is 31.1 Å². The molecule has 6 nitrogen and oxygen atoms in total. The second kappa shape index (κ2) is 10.8. The number of rotatable bonds is 7. The van der Waals surface area contributed by atoms with Crippen LogP contribution in [0.1, 0.15) is 47.7 Å². The molecule has 1 saturated heterocycles. The van der Waals surface area contributed by atoms with Crippen molar-refractivity contribution in [3.8, 4) is 11.8 Å². The number of ether oxygens (including phenoxy) is 1. The first-order chi connectivity index (χ1) is 15.4. The largest absolute Gasteiger partial charge is 0.494 e. The molecule has 1 fully saturated rings. The molecule has 1 aliphatic rings. The van der Waals surface area contributed by atoms with Crippen LogP contribution in [0.2, 0.25) is 0 Å². The molecule has 1 heterocycles. The summed E-state index contributed by atoms with van der Waals surface area (Å²) in [6.45, 7) is 7.83. The average molecular weight is 434 g/mol. The zero-order valence-electron chi connectivity index (χ0n) is 19.1. The molecule has 1 aliphatic heterocycles. The van der Waals surface area contributed by atoms with Crippen molar-refractivity contribution in [1.29, 1.82) is 5.26 Å². The minimum Gasteiger partial charge on any atom is -0.494 e. The molecule has 32 heavy (non-hydrogen) atoms. The Morgan fingerprint density at radius 1 is 1.16 bits per heavy atom. The van der Waals surface area contributed by atoms with Crippen LogP contribution in [-0.2, 0) is 4.79 Å².